The molecule has 0 atom stereocenters. The molecule has 1 fully saturated rings. The van der Waals surface area contributed by atoms with Crippen molar-refractivity contribution in [1.29, 1.82) is 0 Å². The van der Waals surface area contributed by atoms with Gasteiger partial charge in [0.1, 0.15) is 16.4 Å². The molecular weight excluding hydrogens is 457 g/mol. The van der Waals surface area contributed by atoms with Gasteiger partial charge in [-0.25, -0.2) is 14.2 Å². The second-order valence-corrected chi connectivity index (χ2v) is 8.97. The van der Waals surface area contributed by atoms with Crippen LogP contribution in [0.4, 0.5) is 4.39 Å². The van der Waals surface area contributed by atoms with Gasteiger partial charge in [-0.15, -0.1) is 11.3 Å². The normalized spacial score (nSPS) is 14.5. The third-order valence-electron chi connectivity index (χ3n) is 5.88. The number of halogens is 1. The number of hydrogen-bond acceptors (Lipinski definition) is 7. The van der Waals surface area contributed by atoms with E-state index in [2.05, 4.69) is 9.88 Å². The number of carbonyl (C=O) groups is 1. The molecule has 1 aliphatic rings. The van der Waals surface area contributed by atoms with Crippen LogP contribution >= 0.6 is 11.3 Å². The molecule has 34 heavy (non-hydrogen) atoms. The fourth-order valence-electron chi connectivity index (χ4n) is 4.04. The number of amides is 1. The minimum Gasteiger partial charge on any atom is -0.493 e. The smallest absolute Gasteiger partial charge is 0.349 e. The number of fused-ring (bicyclic) bond motifs is 1. The van der Waals surface area contributed by atoms with E-state index in [1.807, 2.05) is 5.38 Å². The Kier molecular flexibility index (Phi) is 6.12. The van der Waals surface area contributed by atoms with E-state index in [1.165, 1.54) is 19.2 Å². The van der Waals surface area contributed by atoms with Gasteiger partial charge >= 0.3 is 5.63 Å². The number of thiazole rings is 1. The van der Waals surface area contributed by atoms with Gasteiger partial charge in [-0.2, -0.15) is 0 Å². The number of piperazine rings is 1. The van der Waals surface area contributed by atoms with E-state index >= 15 is 0 Å². The summed E-state index contributed by atoms with van der Waals surface area (Å²) >= 11 is 1.56. The lowest BCUT2D eigenvalue weighted by atomic mass is 10.1. The summed E-state index contributed by atoms with van der Waals surface area (Å²) in [6.07, 6.45) is 0. The van der Waals surface area contributed by atoms with Crippen molar-refractivity contribution >= 4 is 28.2 Å². The summed E-state index contributed by atoms with van der Waals surface area (Å²) in [6, 6.07) is 13.1. The molecule has 9 heteroatoms. The van der Waals surface area contributed by atoms with E-state index in [4.69, 9.17) is 9.15 Å². The van der Waals surface area contributed by atoms with Crippen molar-refractivity contribution in [2.24, 2.45) is 0 Å². The largest absolute Gasteiger partial charge is 0.493 e. The molecule has 5 rings (SSSR count). The van der Waals surface area contributed by atoms with Gasteiger partial charge in [0, 0.05) is 42.5 Å². The minimum atomic E-state index is -0.666. The summed E-state index contributed by atoms with van der Waals surface area (Å²) in [5.41, 5.74) is 1.40. The molecular formula is C25H22FN3O4S. The van der Waals surface area contributed by atoms with E-state index < -0.39 is 5.63 Å². The van der Waals surface area contributed by atoms with Crippen molar-refractivity contribution < 1.29 is 18.3 Å². The van der Waals surface area contributed by atoms with Gasteiger partial charge in [0.2, 0.25) is 0 Å². The molecule has 2 aromatic carbocycles. The van der Waals surface area contributed by atoms with Crippen LogP contribution in [-0.2, 0) is 6.54 Å². The van der Waals surface area contributed by atoms with Crippen LogP contribution in [0.3, 0.4) is 0 Å². The van der Waals surface area contributed by atoms with Crippen molar-refractivity contribution in [3.63, 3.8) is 0 Å². The number of aromatic nitrogens is 1. The van der Waals surface area contributed by atoms with Gasteiger partial charge in [-0.05, 0) is 36.4 Å². The third kappa shape index (κ3) is 4.44. The van der Waals surface area contributed by atoms with Crippen LogP contribution in [0.2, 0.25) is 0 Å². The molecule has 0 unspecified atom stereocenters. The molecule has 0 N–H and O–H groups in total. The predicted molar refractivity (Wildman–Crippen MR) is 128 cm³/mol. The number of ether oxygens (including phenoxy) is 1. The highest BCUT2D eigenvalue weighted by Crippen LogP contribution is 2.26. The van der Waals surface area contributed by atoms with Crippen LogP contribution in [0, 0.1) is 5.82 Å². The number of rotatable bonds is 5. The minimum absolute atomic E-state index is 0.0260. The monoisotopic (exact) mass is 479 g/mol. The van der Waals surface area contributed by atoms with Crippen molar-refractivity contribution in [2.45, 2.75) is 6.54 Å². The van der Waals surface area contributed by atoms with E-state index in [-0.39, 0.29) is 17.3 Å². The van der Waals surface area contributed by atoms with Crippen LogP contribution in [0.5, 0.6) is 5.75 Å². The first-order valence-electron chi connectivity index (χ1n) is 10.8. The van der Waals surface area contributed by atoms with Gasteiger partial charge < -0.3 is 14.1 Å². The number of carbonyl (C=O) groups excluding carboxylic acids is 1. The van der Waals surface area contributed by atoms with E-state index in [9.17, 15) is 14.0 Å². The number of nitrogens with zero attached hydrogens (tertiary/aromatic N) is 3. The molecule has 7 nitrogen and oxygen atoms in total. The Morgan fingerprint density at radius 1 is 1.15 bits per heavy atom. The molecule has 0 aliphatic carbocycles. The van der Waals surface area contributed by atoms with Crippen LogP contribution < -0.4 is 10.4 Å². The topological polar surface area (TPSA) is 75.9 Å². The average Bonchev–Trinajstić information content (AvgIpc) is 3.32. The van der Waals surface area contributed by atoms with E-state index in [0.29, 0.717) is 49.4 Å². The first-order chi connectivity index (χ1) is 16.5. The summed E-state index contributed by atoms with van der Waals surface area (Å²) in [5, 5.41) is 3.57. The van der Waals surface area contributed by atoms with Crippen molar-refractivity contribution in [2.75, 3.05) is 33.3 Å². The highest BCUT2D eigenvalue weighted by molar-refractivity contribution is 7.09. The van der Waals surface area contributed by atoms with Gasteiger partial charge in [-0.1, -0.05) is 12.1 Å². The van der Waals surface area contributed by atoms with Gasteiger partial charge in [0.25, 0.3) is 5.91 Å². The lowest BCUT2D eigenvalue weighted by Crippen LogP contribution is -2.49. The van der Waals surface area contributed by atoms with Gasteiger partial charge in [0.15, 0.2) is 11.3 Å². The first kappa shape index (κ1) is 22.2. The molecule has 0 saturated carbocycles. The Balaban J connectivity index is 1.23. The number of hydrogen-bond donors (Lipinski definition) is 0. The van der Waals surface area contributed by atoms with Crippen molar-refractivity contribution in [3.05, 3.63) is 80.7 Å². The van der Waals surface area contributed by atoms with Crippen LogP contribution in [0.1, 0.15) is 15.4 Å². The Bertz CT molecular complexity index is 1390. The SMILES string of the molecule is COc1cccc2cc(C(=O)N3CCN(Cc4nc(-c5ccc(F)cc5)cs4)CC3)c(=O)oc12. The number of methoxy groups -OCH3 is 1. The zero-order chi connectivity index (χ0) is 23.7. The maximum absolute atomic E-state index is 13.2. The summed E-state index contributed by atoms with van der Waals surface area (Å²) in [5.74, 6) is -0.147. The third-order valence-corrected chi connectivity index (χ3v) is 6.72. The Morgan fingerprint density at radius 3 is 2.65 bits per heavy atom. The molecule has 1 aliphatic heterocycles. The molecule has 0 spiro atoms. The van der Waals surface area contributed by atoms with Crippen molar-refractivity contribution in [3.8, 4) is 17.0 Å². The Morgan fingerprint density at radius 2 is 1.91 bits per heavy atom. The molecule has 1 saturated heterocycles. The maximum atomic E-state index is 13.2. The molecule has 4 aromatic rings. The van der Waals surface area contributed by atoms with Gasteiger partial charge in [0.05, 0.1) is 19.3 Å². The molecule has 0 bridgehead atoms. The Labute approximate surface area is 199 Å². The highest BCUT2D eigenvalue weighted by atomic mass is 32.1. The standard InChI is InChI=1S/C25H22FN3O4S/c1-32-21-4-2-3-17-13-19(25(31)33-23(17)21)24(30)29-11-9-28(10-12-29)14-22-27-20(15-34-22)16-5-7-18(26)8-6-16/h2-8,13,15H,9-12,14H2,1H3. The number of benzene rings is 2. The summed E-state index contributed by atoms with van der Waals surface area (Å²) in [7, 11) is 1.50. The molecule has 3 heterocycles. The zero-order valence-corrected chi connectivity index (χ0v) is 19.3. The number of para-hydroxylation sites is 1. The highest BCUT2D eigenvalue weighted by Gasteiger charge is 2.26. The zero-order valence-electron chi connectivity index (χ0n) is 18.5. The van der Waals surface area contributed by atoms with Crippen LogP contribution in [0.25, 0.3) is 22.2 Å². The van der Waals surface area contributed by atoms with E-state index in [1.54, 1.807) is 52.6 Å². The Hall–Kier alpha value is -3.56. The van der Waals surface area contributed by atoms with Gasteiger partial charge in [-0.3, -0.25) is 9.69 Å². The second-order valence-electron chi connectivity index (χ2n) is 8.03. The maximum Gasteiger partial charge on any atom is 0.349 e. The second kappa shape index (κ2) is 9.36. The molecule has 174 valence electrons. The first-order valence-corrected chi connectivity index (χ1v) is 11.7. The van der Waals surface area contributed by atoms with Crippen LogP contribution in [0.15, 0.2) is 63.1 Å². The predicted octanol–water partition coefficient (Wildman–Crippen LogP) is 4.02. The van der Waals surface area contributed by atoms with E-state index in [0.717, 1.165) is 16.3 Å². The summed E-state index contributed by atoms with van der Waals surface area (Å²) in [4.78, 5) is 34.1. The fourth-order valence-corrected chi connectivity index (χ4v) is 4.88. The lowest BCUT2D eigenvalue weighted by molar-refractivity contribution is 0.0624. The molecule has 2 aromatic heterocycles. The quantitative estimate of drug-likeness (QED) is 0.403. The lowest BCUT2D eigenvalue weighted by Gasteiger charge is -2.34. The molecule has 1 amide bonds. The summed E-state index contributed by atoms with van der Waals surface area (Å²) in [6.45, 7) is 3.02. The van der Waals surface area contributed by atoms with Crippen molar-refractivity contribution in [1.82, 2.24) is 14.8 Å². The average molecular weight is 480 g/mol. The fraction of sp³-hybridized carbons (Fsp3) is 0.240. The summed E-state index contributed by atoms with van der Waals surface area (Å²) < 4.78 is 23.8. The molecule has 0 radical (unpaired) electrons. The van der Waals surface area contributed by atoms with Crippen LogP contribution in [-0.4, -0.2) is 54.0 Å².